The van der Waals surface area contributed by atoms with Crippen molar-refractivity contribution in [2.75, 3.05) is 6.61 Å². The number of fused-ring (bicyclic) bond motifs is 1. The number of hydrogen-bond acceptors (Lipinski definition) is 6. The van der Waals surface area contributed by atoms with Gasteiger partial charge in [0.2, 0.25) is 0 Å². The van der Waals surface area contributed by atoms with Crippen LogP contribution < -0.4 is 5.32 Å². The SMILES string of the molecule is C=CCOC(=O)NCc1ccccc1-c1ccc([C@H]2O[C@@H](Cn3cnc4ccccc43)[C@@H](C)[C@@H](c3ccc(CO)cc3)O2)cc1. The Morgan fingerprint density at radius 2 is 1.71 bits per heavy atom. The number of benzene rings is 4. The van der Waals surface area contributed by atoms with Crippen LogP contribution in [0.1, 0.15) is 41.6 Å². The minimum absolute atomic E-state index is 0.00560. The van der Waals surface area contributed by atoms with E-state index in [1.807, 2.05) is 85.2 Å². The first-order chi connectivity index (χ1) is 22.0. The van der Waals surface area contributed by atoms with E-state index in [0.717, 1.165) is 44.4 Å². The summed E-state index contributed by atoms with van der Waals surface area (Å²) in [6, 6.07) is 32.2. The lowest BCUT2D eigenvalue weighted by Gasteiger charge is -2.41. The fraction of sp³-hybridized carbons (Fsp3) is 0.243. The third-order valence-electron chi connectivity index (χ3n) is 8.29. The average Bonchev–Trinajstić information content (AvgIpc) is 3.50. The highest BCUT2D eigenvalue weighted by atomic mass is 16.7. The van der Waals surface area contributed by atoms with Gasteiger partial charge in [-0.3, -0.25) is 0 Å². The summed E-state index contributed by atoms with van der Waals surface area (Å²) in [4.78, 5) is 16.6. The number of ether oxygens (including phenoxy) is 3. The van der Waals surface area contributed by atoms with Crippen molar-refractivity contribution in [1.82, 2.24) is 14.9 Å². The van der Waals surface area contributed by atoms with E-state index < -0.39 is 12.4 Å². The fourth-order valence-electron chi connectivity index (χ4n) is 5.81. The lowest BCUT2D eigenvalue weighted by atomic mass is 9.90. The van der Waals surface area contributed by atoms with E-state index in [0.29, 0.717) is 13.1 Å². The van der Waals surface area contributed by atoms with Crippen molar-refractivity contribution in [3.05, 3.63) is 138 Å². The minimum atomic E-state index is -0.589. The highest BCUT2D eigenvalue weighted by molar-refractivity contribution is 5.75. The van der Waals surface area contributed by atoms with E-state index in [2.05, 4.69) is 46.6 Å². The smallest absolute Gasteiger partial charge is 0.407 e. The molecule has 0 radical (unpaired) electrons. The second-order valence-electron chi connectivity index (χ2n) is 11.2. The van der Waals surface area contributed by atoms with Crippen LogP contribution in [0.4, 0.5) is 4.79 Å². The molecule has 0 saturated carbocycles. The fourth-order valence-corrected chi connectivity index (χ4v) is 5.81. The highest BCUT2D eigenvalue weighted by Crippen LogP contribution is 2.42. The second-order valence-corrected chi connectivity index (χ2v) is 11.2. The number of nitrogens with one attached hydrogen (secondary N) is 1. The number of hydrogen-bond donors (Lipinski definition) is 2. The van der Waals surface area contributed by atoms with Crippen LogP contribution in [-0.2, 0) is 33.9 Å². The maximum Gasteiger partial charge on any atom is 0.407 e. The lowest BCUT2D eigenvalue weighted by molar-refractivity contribution is -0.276. The van der Waals surface area contributed by atoms with Crippen LogP contribution in [0.5, 0.6) is 0 Å². The molecule has 230 valence electrons. The van der Waals surface area contributed by atoms with Crippen LogP contribution in [0.25, 0.3) is 22.2 Å². The zero-order chi connectivity index (χ0) is 31.2. The number of carbonyl (C=O) groups is 1. The Bertz CT molecular complexity index is 1750. The van der Waals surface area contributed by atoms with Gasteiger partial charge in [0, 0.05) is 18.0 Å². The summed E-state index contributed by atoms with van der Waals surface area (Å²) < 4.78 is 20.6. The van der Waals surface area contributed by atoms with E-state index in [9.17, 15) is 9.90 Å². The van der Waals surface area contributed by atoms with Crippen LogP contribution in [0.3, 0.4) is 0 Å². The second kappa shape index (κ2) is 13.9. The average molecular weight is 604 g/mol. The van der Waals surface area contributed by atoms with Crippen LogP contribution in [0.2, 0.25) is 0 Å². The molecule has 1 saturated heterocycles. The maximum absolute atomic E-state index is 12.0. The molecule has 1 aliphatic heterocycles. The van der Waals surface area contributed by atoms with Gasteiger partial charge in [0.1, 0.15) is 6.61 Å². The Morgan fingerprint density at radius 3 is 2.49 bits per heavy atom. The van der Waals surface area contributed by atoms with Gasteiger partial charge < -0.3 is 29.2 Å². The van der Waals surface area contributed by atoms with Crippen molar-refractivity contribution in [3.8, 4) is 11.1 Å². The van der Waals surface area contributed by atoms with E-state index >= 15 is 0 Å². The molecule has 1 fully saturated rings. The van der Waals surface area contributed by atoms with Crippen molar-refractivity contribution in [2.45, 2.75) is 45.1 Å². The number of aliphatic hydroxyl groups excluding tert-OH is 1. The summed E-state index contributed by atoms with van der Waals surface area (Å²) >= 11 is 0. The minimum Gasteiger partial charge on any atom is -0.445 e. The van der Waals surface area contributed by atoms with Gasteiger partial charge in [0.05, 0.1) is 42.7 Å². The summed E-state index contributed by atoms with van der Waals surface area (Å²) in [5.41, 5.74) is 7.81. The first kappa shape index (κ1) is 30.3. The van der Waals surface area contributed by atoms with E-state index in [4.69, 9.17) is 14.2 Å². The monoisotopic (exact) mass is 603 g/mol. The van der Waals surface area contributed by atoms with Crippen LogP contribution >= 0.6 is 0 Å². The predicted octanol–water partition coefficient (Wildman–Crippen LogP) is 7.10. The molecule has 6 rings (SSSR count). The topological polar surface area (TPSA) is 94.8 Å². The van der Waals surface area contributed by atoms with Crippen molar-refractivity contribution < 1.29 is 24.1 Å². The molecule has 8 nitrogen and oxygen atoms in total. The van der Waals surface area contributed by atoms with Crippen molar-refractivity contribution in [1.29, 1.82) is 0 Å². The Labute approximate surface area is 262 Å². The zero-order valence-electron chi connectivity index (χ0n) is 25.2. The zero-order valence-corrected chi connectivity index (χ0v) is 25.2. The molecule has 45 heavy (non-hydrogen) atoms. The third kappa shape index (κ3) is 6.83. The standard InChI is InChI=1S/C37H37N3O5/c1-3-20-43-37(42)38-21-30-8-4-5-9-31(30)27-16-18-29(19-17-27)36-44-34(22-40-24-39-32-10-6-7-11-33(32)40)25(2)35(45-36)28-14-12-26(23-41)13-15-28/h3-19,24-25,34-36,41H,1,20-23H2,2H3,(H,38,42)/t25-,34+,35+,36+/m1/s1. The van der Waals surface area contributed by atoms with E-state index in [1.54, 1.807) is 0 Å². The number of amides is 1. The lowest BCUT2D eigenvalue weighted by Crippen LogP contribution is -2.39. The summed E-state index contributed by atoms with van der Waals surface area (Å²) in [5.74, 6) is 0.0409. The molecule has 0 aliphatic carbocycles. The number of rotatable bonds is 10. The van der Waals surface area contributed by atoms with Gasteiger partial charge in [-0.25, -0.2) is 9.78 Å². The number of aromatic nitrogens is 2. The van der Waals surface area contributed by atoms with Crippen molar-refractivity contribution >= 4 is 17.1 Å². The summed E-state index contributed by atoms with van der Waals surface area (Å²) in [7, 11) is 0. The molecule has 1 aromatic heterocycles. The molecule has 0 bridgehead atoms. The van der Waals surface area contributed by atoms with E-state index in [-0.39, 0.29) is 31.3 Å². The quantitative estimate of drug-likeness (QED) is 0.165. The molecular weight excluding hydrogens is 566 g/mol. The Morgan fingerprint density at radius 1 is 0.978 bits per heavy atom. The molecule has 0 unspecified atom stereocenters. The van der Waals surface area contributed by atoms with Crippen molar-refractivity contribution in [3.63, 3.8) is 0 Å². The predicted molar refractivity (Wildman–Crippen MR) is 173 cm³/mol. The molecule has 2 heterocycles. The molecule has 4 aromatic carbocycles. The van der Waals surface area contributed by atoms with Crippen LogP contribution in [0, 0.1) is 5.92 Å². The number of imidazole rings is 1. The molecular formula is C37H37N3O5. The van der Waals surface area contributed by atoms with Gasteiger partial charge >= 0.3 is 6.09 Å². The molecule has 1 aliphatic rings. The van der Waals surface area contributed by atoms with Gasteiger partial charge in [-0.1, -0.05) is 105 Å². The number of nitrogens with zero attached hydrogens (tertiary/aromatic N) is 2. The summed E-state index contributed by atoms with van der Waals surface area (Å²) in [6.07, 6.45) is 1.96. The van der Waals surface area contributed by atoms with Gasteiger partial charge in [-0.2, -0.15) is 0 Å². The van der Waals surface area contributed by atoms with Crippen molar-refractivity contribution in [2.24, 2.45) is 5.92 Å². The van der Waals surface area contributed by atoms with Gasteiger partial charge in [0.25, 0.3) is 0 Å². The van der Waals surface area contributed by atoms with Gasteiger partial charge in [-0.05, 0) is 39.9 Å². The first-order valence-electron chi connectivity index (χ1n) is 15.1. The number of aliphatic hydroxyl groups is 1. The number of alkyl carbamates (subject to hydrolysis) is 1. The normalized spacial score (nSPS) is 19.7. The molecule has 5 aromatic rings. The van der Waals surface area contributed by atoms with E-state index in [1.165, 1.54) is 6.08 Å². The highest BCUT2D eigenvalue weighted by Gasteiger charge is 2.38. The van der Waals surface area contributed by atoms with Crippen LogP contribution in [-0.4, -0.2) is 33.5 Å². The van der Waals surface area contributed by atoms with Gasteiger partial charge in [-0.15, -0.1) is 0 Å². The van der Waals surface area contributed by atoms with Gasteiger partial charge in [0.15, 0.2) is 6.29 Å². The number of para-hydroxylation sites is 2. The number of carbonyl (C=O) groups excluding carboxylic acids is 1. The Hall–Kier alpha value is -4.76. The molecule has 8 heteroatoms. The maximum atomic E-state index is 12.0. The molecule has 2 N–H and O–H groups in total. The first-order valence-corrected chi connectivity index (χ1v) is 15.1. The third-order valence-corrected chi connectivity index (χ3v) is 8.29. The molecule has 1 amide bonds. The largest absolute Gasteiger partial charge is 0.445 e. The molecule has 4 atom stereocenters. The van der Waals surface area contributed by atoms with Crippen LogP contribution in [0.15, 0.2) is 116 Å². The Kier molecular flexibility index (Phi) is 9.35. The molecule has 0 spiro atoms. The Balaban J connectivity index is 1.25. The summed E-state index contributed by atoms with van der Waals surface area (Å²) in [5, 5.41) is 12.4. The summed E-state index contributed by atoms with van der Waals surface area (Å²) in [6.45, 7) is 6.85.